The fraction of sp³-hybridized carbons (Fsp3) is 0.125. The molecule has 0 radical (unpaired) electrons. The van der Waals surface area contributed by atoms with E-state index in [1.54, 1.807) is 0 Å². The van der Waals surface area contributed by atoms with Crippen LogP contribution in [-0.4, -0.2) is 0 Å². The highest BCUT2D eigenvalue weighted by Crippen LogP contribution is 2.27. The van der Waals surface area contributed by atoms with Crippen molar-refractivity contribution >= 4 is 0 Å². The zero-order valence-electron chi connectivity index (χ0n) is 9.60. The third-order valence-corrected chi connectivity index (χ3v) is 3.02. The Kier molecular flexibility index (Phi) is 2.66. The van der Waals surface area contributed by atoms with Crippen molar-refractivity contribution in [2.75, 3.05) is 0 Å². The van der Waals surface area contributed by atoms with E-state index in [4.69, 9.17) is 4.74 Å². The lowest BCUT2D eigenvalue weighted by Gasteiger charge is -2.17. The Balaban J connectivity index is 1.78. The van der Waals surface area contributed by atoms with Gasteiger partial charge in [0.05, 0.1) is 6.26 Å². The maximum Gasteiger partial charge on any atom is 0.130 e. The molecule has 0 N–H and O–H groups in total. The van der Waals surface area contributed by atoms with E-state index in [1.807, 2.05) is 24.5 Å². The van der Waals surface area contributed by atoms with Crippen molar-refractivity contribution in [3.8, 4) is 5.75 Å². The lowest BCUT2D eigenvalue weighted by Crippen LogP contribution is -2.04. The summed E-state index contributed by atoms with van der Waals surface area (Å²) < 4.78 is 5.65. The summed E-state index contributed by atoms with van der Waals surface area (Å²) in [6, 6.07) is 18.7. The molecule has 0 fully saturated rings. The maximum absolute atomic E-state index is 5.65. The molecule has 0 unspecified atom stereocenters. The number of hydrogen-bond donors (Lipinski definition) is 0. The molecule has 1 nitrogen and oxygen atoms in total. The SMILES string of the molecule is C1=C(Cc2ccccc2)Cc2ccccc2O1. The zero-order valence-corrected chi connectivity index (χ0v) is 9.60. The van der Waals surface area contributed by atoms with E-state index in [-0.39, 0.29) is 0 Å². The minimum Gasteiger partial charge on any atom is -0.465 e. The molecule has 0 aliphatic carbocycles. The molecule has 84 valence electrons. The van der Waals surface area contributed by atoms with Crippen LogP contribution in [0, 0.1) is 0 Å². The number of allylic oxidation sites excluding steroid dienone is 1. The predicted octanol–water partition coefficient (Wildman–Crippen LogP) is 3.75. The third-order valence-electron chi connectivity index (χ3n) is 3.02. The molecular formula is C16H14O. The highest BCUT2D eigenvalue weighted by molar-refractivity contribution is 5.40. The van der Waals surface area contributed by atoms with E-state index in [0.717, 1.165) is 18.6 Å². The van der Waals surface area contributed by atoms with Gasteiger partial charge in [-0.25, -0.2) is 0 Å². The van der Waals surface area contributed by atoms with Gasteiger partial charge in [0.25, 0.3) is 0 Å². The summed E-state index contributed by atoms with van der Waals surface area (Å²) in [5.41, 5.74) is 3.94. The monoisotopic (exact) mass is 222 g/mol. The molecule has 0 saturated carbocycles. The molecule has 0 amide bonds. The van der Waals surface area contributed by atoms with Crippen LogP contribution in [-0.2, 0) is 12.8 Å². The summed E-state index contributed by atoms with van der Waals surface area (Å²) in [5.74, 6) is 0.990. The van der Waals surface area contributed by atoms with E-state index in [2.05, 4.69) is 36.4 Å². The van der Waals surface area contributed by atoms with Crippen LogP contribution in [0.25, 0.3) is 0 Å². The summed E-state index contributed by atoms with van der Waals surface area (Å²) in [5, 5.41) is 0. The molecule has 1 aliphatic rings. The van der Waals surface area contributed by atoms with Crippen molar-refractivity contribution in [3.05, 3.63) is 77.6 Å². The van der Waals surface area contributed by atoms with Crippen LogP contribution in [0.1, 0.15) is 11.1 Å². The standard InChI is InChI=1S/C16H14O/c1-2-6-13(7-3-1)10-14-11-15-8-4-5-9-16(15)17-12-14/h1-9,12H,10-11H2. The number of para-hydroxylation sites is 1. The van der Waals surface area contributed by atoms with Gasteiger partial charge < -0.3 is 4.74 Å². The number of rotatable bonds is 2. The molecular weight excluding hydrogens is 208 g/mol. The molecule has 0 spiro atoms. The fourth-order valence-electron chi connectivity index (χ4n) is 2.16. The third kappa shape index (κ3) is 2.23. The van der Waals surface area contributed by atoms with Gasteiger partial charge in [0.1, 0.15) is 5.75 Å². The summed E-state index contributed by atoms with van der Waals surface area (Å²) in [4.78, 5) is 0. The largest absolute Gasteiger partial charge is 0.465 e. The van der Waals surface area contributed by atoms with Crippen molar-refractivity contribution < 1.29 is 4.74 Å². The van der Waals surface area contributed by atoms with Crippen molar-refractivity contribution in [3.63, 3.8) is 0 Å². The Morgan fingerprint density at radius 2 is 1.65 bits per heavy atom. The van der Waals surface area contributed by atoms with Crippen LogP contribution >= 0.6 is 0 Å². The molecule has 1 heterocycles. The molecule has 0 bridgehead atoms. The highest BCUT2D eigenvalue weighted by Gasteiger charge is 2.11. The Labute approximate surface area is 101 Å². The first-order valence-electron chi connectivity index (χ1n) is 5.88. The van der Waals surface area contributed by atoms with Crippen LogP contribution in [0.2, 0.25) is 0 Å². The summed E-state index contributed by atoms with van der Waals surface area (Å²) in [6.45, 7) is 0. The van der Waals surface area contributed by atoms with E-state index >= 15 is 0 Å². The Hall–Kier alpha value is -2.02. The van der Waals surface area contributed by atoms with Gasteiger partial charge in [-0.05, 0) is 29.2 Å². The number of hydrogen-bond acceptors (Lipinski definition) is 1. The maximum atomic E-state index is 5.65. The second-order valence-electron chi connectivity index (χ2n) is 4.34. The normalized spacial score (nSPS) is 13.5. The van der Waals surface area contributed by atoms with Gasteiger partial charge in [-0.2, -0.15) is 0 Å². The van der Waals surface area contributed by atoms with Gasteiger partial charge in [-0.3, -0.25) is 0 Å². The molecule has 3 rings (SSSR count). The number of benzene rings is 2. The number of fused-ring (bicyclic) bond motifs is 1. The smallest absolute Gasteiger partial charge is 0.130 e. The second kappa shape index (κ2) is 4.46. The lowest BCUT2D eigenvalue weighted by atomic mass is 9.97. The highest BCUT2D eigenvalue weighted by atomic mass is 16.5. The molecule has 2 aromatic carbocycles. The van der Waals surface area contributed by atoms with Crippen LogP contribution in [0.15, 0.2) is 66.4 Å². The topological polar surface area (TPSA) is 9.23 Å². The first-order valence-corrected chi connectivity index (χ1v) is 5.88. The minimum absolute atomic E-state index is 0.967. The second-order valence-corrected chi connectivity index (χ2v) is 4.34. The first kappa shape index (κ1) is 10.2. The molecule has 2 aromatic rings. The van der Waals surface area contributed by atoms with Gasteiger partial charge in [-0.15, -0.1) is 0 Å². The Morgan fingerprint density at radius 3 is 2.53 bits per heavy atom. The molecule has 0 aromatic heterocycles. The van der Waals surface area contributed by atoms with E-state index in [0.29, 0.717) is 0 Å². The average Bonchev–Trinajstić information content (AvgIpc) is 2.40. The summed E-state index contributed by atoms with van der Waals surface area (Å²) in [6.07, 6.45) is 3.86. The minimum atomic E-state index is 0.967. The lowest BCUT2D eigenvalue weighted by molar-refractivity contribution is 0.454. The molecule has 17 heavy (non-hydrogen) atoms. The van der Waals surface area contributed by atoms with E-state index < -0.39 is 0 Å². The van der Waals surface area contributed by atoms with E-state index in [1.165, 1.54) is 16.7 Å². The average molecular weight is 222 g/mol. The summed E-state index contributed by atoms with van der Waals surface area (Å²) >= 11 is 0. The molecule has 0 saturated heterocycles. The quantitative estimate of drug-likeness (QED) is 0.752. The zero-order chi connectivity index (χ0) is 11.5. The van der Waals surface area contributed by atoms with E-state index in [9.17, 15) is 0 Å². The number of ether oxygens (including phenoxy) is 1. The fourth-order valence-corrected chi connectivity index (χ4v) is 2.16. The predicted molar refractivity (Wildman–Crippen MR) is 69.0 cm³/mol. The Morgan fingerprint density at radius 1 is 0.882 bits per heavy atom. The van der Waals surface area contributed by atoms with Gasteiger partial charge in [0.15, 0.2) is 0 Å². The van der Waals surface area contributed by atoms with Gasteiger partial charge >= 0.3 is 0 Å². The van der Waals surface area contributed by atoms with Crippen molar-refractivity contribution in [2.45, 2.75) is 12.8 Å². The molecule has 1 heteroatoms. The van der Waals surface area contributed by atoms with Crippen LogP contribution < -0.4 is 4.74 Å². The van der Waals surface area contributed by atoms with Crippen molar-refractivity contribution in [2.24, 2.45) is 0 Å². The first-order chi connectivity index (χ1) is 8.42. The van der Waals surface area contributed by atoms with Crippen LogP contribution in [0.5, 0.6) is 5.75 Å². The molecule has 0 atom stereocenters. The van der Waals surface area contributed by atoms with Crippen molar-refractivity contribution in [1.29, 1.82) is 0 Å². The van der Waals surface area contributed by atoms with Gasteiger partial charge in [-0.1, -0.05) is 48.5 Å². The van der Waals surface area contributed by atoms with Crippen LogP contribution in [0.3, 0.4) is 0 Å². The van der Waals surface area contributed by atoms with Crippen LogP contribution in [0.4, 0.5) is 0 Å². The summed E-state index contributed by atoms with van der Waals surface area (Å²) in [7, 11) is 0. The molecule has 1 aliphatic heterocycles. The van der Waals surface area contributed by atoms with Gasteiger partial charge in [0, 0.05) is 6.42 Å². The Bertz CT molecular complexity index is 540. The van der Waals surface area contributed by atoms with Gasteiger partial charge in [0.2, 0.25) is 0 Å². The van der Waals surface area contributed by atoms with Crippen molar-refractivity contribution in [1.82, 2.24) is 0 Å².